The van der Waals surface area contributed by atoms with E-state index >= 15 is 0 Å². The summed E-state index contributed by atoms with van der Waals surface area (Å²) in [6.07, 6.45) is 6.02. The number of piperidine rings is 1. The van der Waals surface area contributed by atoms with Crippen LogP contribution in [0.4, 0.5) is 4.79 Å². The van der Waals surface area contributed by atoms with Gasteiger partial charge in [0.1, 0.15) is 0 Å². The number of nitrogens with one attached hydrogen (secondary N) is 1. The number of amides is 2. The van der Waals surface area contributed by atoms with Crippen LogP contribution < -0.4 is 5.32 Å². The number of urea groups is 1. The average Bonchev–Trinajstić information content (AvgIpc) is 2.93. The van der Waals surface area contributed by atoms with Crippen molar-refractivity contribution in [2.75, 3.05) is 13.1 Å². The molecule has 2 rings (SSSR count). The molecule has 0 spiro atoms. The molecule has 1 saturated carbocycles. The molecule has 0 aromatic rings. The Kier molecular flexibility index (Phi) is 4.55. The number of nitrogens with zero attached hydrogens (tertiary/aromatic N) is 1. The molecule has 1 saturated heterocycles. The van der Waals surface area contributed by atoms with Gasteiger partial charge in [0.15, 0.2) is 0 Å². The second-order valence-corrected chi connectivity index (χ2v) is 6.64. The third-order valence-electron chi connectivity index (χ3n) is 5.13. The van der Waals surface area contributed by atoms with Crippen molar-refractivity contribution in [3.05, 3.63) is 0 Å². The van der Waals surface area contributed by atoms with E-state index in [1.54, 1.807) is 11.8 Å². The van der Waals surface area contributed by atoms with Crippen LogP contribution in [0.1, 0.15) is 52.4 Å². The van der Waals surface area contributed by atoms with Crippen LogP contribution >= 0.6 is 0 Å². The monoisotopic (exact) mass is 282 g/mol. The Morgan fingerprint density at radius 3 is 2.30 bits per heavy atom. The Morgan fingerprint density at radius 1 is 1.25 bits per heavy atom. The van der Waals surface area contributed by atoms with Gasteiger partial charge in [0, 0.05) is 19.1 Å². The van der Waals surface area contributed by atoms with E-state index in [4.69, 9.17) is 0 Å². The fourth-order valence-corrected chi connectivity index (χ4v) is 3.28. The van der Waals surface area contributed by atoms with Crippen molar-refractivity contribution in [1.29, 1.82) is 0 Å². The molecule has 2 fully saturated rings. The highest BCUT2D eigenvalue weighted by molar-refractivity contribution is 5.77. The second kappa shape index (κ2) is 6.02. The number of carbonyl (C=O) groups is 2. The van der Waals surface area contributed by atoms with Gasteiger partial charge in [-0.2, -0.15) is 0 Å². The van der Waals surface area contributed by atoms with E-state index in [-0.39, 0.29) is 12.1 Å². The Morgan fingerprint density at radius 2 is 1.80 bits per heavy atom. The molecule has 2 N–H and O–H groups in total. The van der Waals surface area contributed by atoms with Gasteiger partial charge in [-0.15, -0.1) is 0 Å². The standard InChI is InChI=1S/C15H26N2O3/c1-11(12-5-3-4-6-12)16-14(20)17-9-7-15(2,8-10-17)13(18)19/h11-12H,3-10H2,1-2H3,(H,16,20)(H,18,19). The third-order valence-corrected chi connectivity index (χ3v) is 5.13. The van der Waals surface area contributed by atoms with Gasteiger partial charge >= 0.3 is 12.0 Å². The molecule has 2 aliphatic rings. The Bertz CT molecular complexity index is 369. The largest absolute Gasteiger partial charge is 0.481 e. The lowest BCUT2D eigenvalue weighted by Gasteiger charge is -2.37. The first-order chi connectivity index (χ1) is 9.42. The molecule has 0 radical (unpaired) electrons. The number of carboxylic acids is 1. The number of aliphatic carboxylic acids is 1. The zero-order valence-corrected chi connectivity index (χ0v) is 12.5. The smallest absolute Gasteiger partial charge is 0.317 e. The van der Waals surface area contributed by atoms with Crippen LogP contribution in [-0.2, 0) is 4.79 Å². The summed E-state index contributed by atoms with van der Waals surface area (Å²) in [6.45, 7) is 4.92. The van der Waals surface area contributed by atoms with Gasteiger partial charge in [-0.25, -0.2) is 4.79 Å². The molecule has 1 aliphatic carbocycles. The summed E-state index contributed by atoms with van der Waals surface area (Å²) in [5.41, 5.74) is -0.673. The molecule has 114 valence electrons. The topological polar surface area (TPSA) is 69.6 Å². The maximum Gasteiger partial charge on any atom is 0.317 e. The lowest BCUT2D eigenvalue weighted by Crippen LogP contribution is -2.51. The van der Waals surface area contributed by atoms with Crippen LogP contribution in [0, 0.1) is 11.3 Å². The van der Waals surface area contributed by atoms with Crippen molar-refractivity contribution in [3.63, 3.8) is 0 Å². The fraction of sp³-hybridized carbons (Fsp3) is 0.867. The lowest BCUT2D eigenvalue weighted by atomic mass is 9.80. The minimum atomic E-state index is -0.753. The molecule has 0 aromatic carbocycles. The van der Waals surface area contributed by atoms with Crippen LogP contribution in [0.3, 0.4) is 0 Å². The predicted octanol–water partition coefficient (Wildman–Crippen LogP) is 2.46. The summed E-state index contributed by atoms with van der Waals surface area (Å²) in [5.74, 6) is -0.148. The minimum absolute atomic E-state index is 0.0307. The molecular formula is C15H26N2O3. The number of likely N-dealkylation sites (tertiary alicyclic amines) is 1. The van der Waals surface area contributed by atoms with Gasteiger partial charge in [0.05, 0.1) is 5.41 Å². The highest BCUT2D eigenvalue weighted by atomic mass is 16.4. The second-order valence-electron chi connectivity index (χ2n) is 6.64. The van der Waals surface area contributed by atoms with Gasteiger partial charge in [0.25, 0.3) is 0 Å². The van der Waals surface area contributed by atoms with Gasteiger partial charge in [0.2, 0.25) is 0 Å². The van der Waals surface area contributed by atoms with Crippen molar-refractivity contribution >= 4 is 12.0 Å². The number of carboxylic acid groups (broad SMARTS) is 1. The molecule has 1 aliphatic heterocycles. The highest BCUT2D eigenvalue weighted by Crippen LogP contribution is 2.31. The number of carbonyl (C=O) groups excluding carboxylic acids is 1. The van der Waals surface area contributed by atoms with Crippen molar-refractivity contribution in [3.8, 4) is 0 Å². The predicted molar refractivity (Wildman–Crippen MR) is 76.5 cm³/mol. The van der Waals surface area contributed by atoms with Crippen molar-refractivity contribution in [2.24, 2.45) is 11.3 Å². The molecule has 20 heavy (non-hydrogen) atoms. The van der Waals surface area contributed by atoms with Crippen LogP contribution in [0.5, 0.6) is 0 Å². The lowest BCUT2D eigenvalue weighted by molar-refractivity contribution is -0.150. The maximum atomic E-state index is 12.2. The molecule has 0 aromatic heterocycles. The SMILES string of the molecule is CC(NC(=O)N1CCC(C)(C(=O)O)CC1)C1CCCC1. The molecular weight excluding hydrogens is 256 g/mol. The summed E-state index contributed by atoms with van der Waals surface area (Å²) in [4.78, 5) is 25.2. The average molecular weight is 282 g/mol. The number of rotatable bonds is 3. The molecule has 0 bridgehead atoms. The number of hydrogen-bond acceptors (Lipinski definition) is 2. The van der Waals surface area contributed by atoms with E-state index < -0.39 is 11.4 Å². The van der Waals surface area contributed by atoms with E-state index in [2.05, 4.69) is 12.2 Å². The molecule has 5 heteroatoms. The highest BCUT2D eigenvalue weighted by Gasteiger charge is 2.38. The van der Waals surface area contributed by atoms with Gasteiger partial charge in [-0.05, 0) is 45.4 Å². The molecule has 2 amide bonds. The summed E-state index contributed by atoms with van der Waals surface area (Å²) in [6, 6.07) is 0.189. The Hall–Kier alpha value is -1.26. The minimum Gasteiger partial charge on any atom is -0.481 e. The molecule has 1 unspecified atom stereocenters. The van der Waals surface area contributed by atoms with E-state index in [1.165, 1.54) is 25.7 Å². The van der Waals surface area contributed by atoms with E-state index in [0.717, 1.165) is 0 Å². The summed E-state index contributed by atoms with van der Waals surface area (Å²) >= 11 is 0. The fourth-order valence-electron chi connectivity index (χ4n) is 3.28. The van der Waals surface area contributed by atoms with Crippen LogP contribution in [0.25, 0.3) is 0 Å². The normalized spacial score (nSPS) is 24.4. The summed E-state index contributed by atoms with van der Waals surface area (Å²) in [7, 11) is 0. The van der Waals surface area contributed by atoms with E-state index in [9.17, 15) is 14.7 Å². The van der Waals surface area contributed by atoms with Crippen molar-refractivity contribution in [1.82, 2.24) is 10.2 Å². The van der Waals surface area contributed by atoms with Gasteiger partial charge in [-0.1, -0.05) is 12.8 Å². The molecule has 1 heterocycles. The zero-order valence-electron chi connectivity index (χ0n) is 12.5. The van der Waals surface area contributed by atoms with Gasteiger partial charge < -0.3 is 15.3 Å². The molecule has 1 atom stereocenters. The van der Waals surface area contributed by atoms with Crippen molar-refractivity contribution in [2.45, 2.75) is 58.4 Å². The van der Waals surface area contributed by atoms with Crippen LogP contribution in [0.2, 0.25) is 0 Å². The first-order valence-corrected chi connectivity index (χ1v) is 7.71. The quantitative estimate of drug-likeness (QED) is 0.835. The third kappa shape index (κ3) is 3.25. The van der Waals surface area contributed by atoms with Crippen molar-refractivity contribution < 1.29 is 14.7 Å². The summed E-state index contributed by atoms with van der Waals surface area (Å²) in [5, 5.41) is 12.3. The van der Waals surface area contributed by atoms with Crippen LogP contribution in [-0.4, -0.2) is 41.1 Å². The van der Waals surface area contributed by atoms with E-state index in [0.29, 0.717) is 31.8 Å². The number of hydrogen-bond donors (Lipinski definition) is 2. The Labute approximate surface area is 120 Å². The zero-order chi connectivity index (χ0) is 14.8. The van der Waals surface area contributed by atoms with Crippen LogP contribution in [0.15, 0.2) is 0 Å². The van der Waals surface area contributed by atoms with E-state index in [1.807, 2.05) is 0 Å². The summed E-state index contributed by atoms with van der Waals surface area (Å²) < 4.78 is 0. The maximum absolute atomic E-state index is 12.2. The van der Waals surface area contributed by atoms with Gasteiger partial charge in [-0.3, -0.25) is 4.79 Å². The first kappa shape index (κ1) is 15.1. The molecule has 5 nitrogen and oxygen atoms in total. The first-order valence-electron chi connectivity index (χ1n) is 7.71. The Balaban J connectivity index is 1.81.